The lowest BCUT2D eigenvalue weighted by Gasteiger charge is -2.08. The molecule has 0 N–H and O–H groups in total. The summed E-state index contributed by atoms with van der Waals surface area (Å²) in [7, 11) is 0. The first-order valence-corrected chi connectivity index (χ1v) is 6.61. The van der Waals surface area contributed by atoms with Gasteiger partial charge in [0.05, 0.1) is 5.69 Å². The van der Waals surface area contributed by atoms with Gasteiger partial charge in [0.2, 0.25) is 0 Å². The fourth-order valence-electron chi connectivity index (χ4n) is 1.85. The Kier molecular flexibility index (Phi) is 4.87. The van der Waals surface area contributed by atoms with E-state index in [1.807, 2.05) is 31.1 Å². The van der Waals surface area contributed by atoms with Crippen LogP contribution in [0, 0.1) is 5.82 Å². The van der Waals surface area contributed by atoms with E-state index in [0.717, 1.165) is 11.0 Å². The van der Waals surface area contributed by atoms with Crippen LogP contribution in [0.1, 0.15) is 12.5 Å². The van der Waals surface area contributed by atoms with Crippen LogP contribution in [0.25, 0.3) is 0 Å². The molecule has 0 heterocycles. The van der Waals surface area contributed by atoms with Gasteiger partial charge in [0.15, 0.2) is 0 Å². The standard InChI is InChI=1S/C16H15BFNO2/c1-12(20)21-17(2)14-5-3-13(4-6-14)11-19-16-9-7-15(18)8-10-16/h3-11H,1-2H3. The zero-order valence-electron chi connectivity index (χ0n) is 11.9. The molecule has 0 bridgehead atoms. The number of hydrogen-bond donors (Lipinski definition) is 0. The van der Waals surface area contributed by atoms with Gasteiger partial charge in [0.1, 0.15) is 5.82 Å². The lowest BCUT2D eigenvalue weighted by Crippen LogP contribution is -2.31. The smallest absolute Gasteiger partial charge is 0.392 e. The average molecular weight is 283 g/mol. The normalized spacial score (nSPS) is 10.6. The molecule has 3 nitrogen and oxygen atoms in total. The first-order valence-electron chi connectivity index (χ1n) is 6.61. The zero-order valence-corrected chi connectivity index (χ0v) is 11.9. The molecule has 2 rings (SSSR count). The number of benzene rings is 2. The van der Waals surface area contributed by atoms with E-state index in [9.17, 15) is 9.18 Å². The van der Waals surface area contributed by atoms with Crippen LogP contribution in [0.4, 0.5) is 10.1 Å². The van der Waals surface area contributed by atoms with Gasteiger partial charge in [-0.15, -0.1) is 0 Å². The Bertz CT molecular complexity index is 638. The molecule has 0 atom stereocenters. The van der Waals surface area contributed by atoms with E-state index >= 15 is 0 Å². The first kappa shape index (κ1) is 15.0. The van der Waals surface area contributed by atoms with Gasteiger partial charge < -0.3 is 4.65 Å². The Morgan fingerprint density at radius 2 is 1.76 bits per heavy atom. The molecule has 106 valence electrons. The van der Waals surface area contributed by atoms with E-state index < -0.39 is 0 Å². The maximum absolute atomic E-state index is 12.8. The maximum atomic E-state index is 12.8. The van der Waals surface area contributed by atoms with Crippen LogP contribution in [0.2, 0.25) is 6.82 Å². The SMILES string of the molecule is CB(OC(C)=O)c1ccc(C=Nc2ccc(F)cc2)cc1. The molecule has 0 radical (unpaired) electrons. The summed E-state index contributed by atoms with van der Waals surface area (Å²) in [6.45, 7) is 2.94. The van der Waals surface area contributed by atoms with Crippen LogP contribution in [-0.2, 0) is 9.45 Å². The number of halogens is 1. The number of nitrogens with zero attached hydrogens (tertiary/aromatic N) is 1. The highest BCUT2D eigenvalue weighted by atomic mass is 19.1. The third-order valence-corrected chi connectivity index (χ3v) is 2.94. The van der Waals surface area contributed by atoms with Crippen LogP contribution in [0.15, 0.2) is 53.5 Å². The Morgan fingerprint density at radius 3 is 2.33 bits per heavy atom. The largest absolute Gasteiger partial charge is 0.532 e. The van der Waals surface area contributed by atoms with Crippen molar-refractivity contribution in [2.24, 2.45) is 4.99 Å². The molecule has 5 heteroatoms. The van der Waals surface area contributed by atoms with Crippen LogP contribution < -0.4 is 5.46 Å². The summed E-state index contributed by atoms with van der Waals surface area (Å²) in [6.07, 6.45) is 1.70. The molecule has 0 fully saturated rings. The Hall–Kier alpha value is -2.43. The van der Waals surface area contributed by atoms with Crippen molar-refractivity contribution in [2.45, 2.75) is 13.7 Å². The number of hydrogen-bond acceptors (Lipinski definition) is 3. The second-order valence-corrected chi connectivity index (χ2v) is 4.65. The van der Waals surface area contributed by atoms with E-state index in [1.54, 1.807) is 18.3 Å². The van der Waals surface area contributed by atoms with Gasteiger partial charge in [0, 0.05) is 13.1 Å². The average Bonchev–Trinajstić information content (AvgIpc) is 2.46. The molecular formula is C16H15BFNO2. The Balaban J connectivity index is 2.05. The molecule has 2 aromatic rings. The summed E-state index contributed by atoms with van der Waals surface area (Å²) in [6, 6.07) is 13.5. The van der Waals surface area contributed by atoms with Gasteiger partial charge in [-0.05, 0) is 42.1 Å². The van der Waals surface area contributed by atoms with E-state index in [2.05, 4.69) is 4.99 Å². The molecule has 0 saturated heterocycles. The van der Waals surface area contributed by atoms with Crippen LogP contribution in [-0.4, -0.2) is 19.1 Å². The minimum Gasteiger partial charge on any atom is -0.532 e. The second-order valence-electron chi connectivity index (χ2n) is 4.65. The number of aliphatic imine (C=N–C) groups is 1. The third-order valence-electron chi connectivity index (χ3n) is 2.94. The first-order chi connectivity index (χ1) is 10.0. The highest BCUT2D eigenvalue weighted by Crippen LogP contribution is 2.12. The summed E-state index contributed by atoms with van der Waals surface area (Å²) < 4.78 is 17.9. The van der Waals surface area contributed by atoms with Crippen molar-refractivity contribution in [3.05, 3.63) is 59.9 Å². The van der Waals surface area contributed by atoms with Crippen LogP contribution in [0.3, 0.4) is 0 Å². The molecule has 21 heavy (non-hydrogen) atoms. The van der Waals surface area contributed by atoms with E-state index in [0.29, 0.717) is 5.69 Å². The van der Waals surface area contributed by atoms with Crippen molar-refractivity contribution in [1.82, 2.24) is 0 Å². The Morgan fingerprint density at radius 1 is 1.14 bits per heavy atom. The van der Waals surface area contributed by atoms with E-state index in [4.69, 9.17) is 4.65 Å². The highest BCUT2D eigenvalue weighted by molar-refractivity contribution is 6.67. The van der Waals surface area contributed by atoms with Gasteiger partial charge in [-0.3, -0.25) is 9.79 Å². The summed E-state index contributed by atoms with van der Waals surface area (Å²) in [5, 5.41) is 0. The monoisotopic (exact) mass is 283 g/mol. The topological polar surface area (TPSA) is 38.7 Å². The summed E-state index contributed by atoms with van der Waals surface area (Å²) in [5.74, 6) is -0.581. The lowest BCUT2D eigenvalue weighted by molar-refractivity contribution is -0.132. The lowest BCUT2D eigenvalue weighted by atomic mass is 9.63. The van der Waals surface area contributed by atoms with E-state index in [1.165, 1.54) is 19.1 Å². The number of carbonyl (C=O) groups is 1. The van der Waals surface area contributed by atoms with Gasteiger partial charge in [0.25, 0.3) is 5.97 Å². The van der Waals surface area contributed by atoms with Crippen molar-refractivity contribution in [1.29, 1.82) is 0 Å². The molecule has 2 aromatic carbocycles. The molecule has 0 aliphatic carbocycles. The van der Waals surface area contributed by atoms with E-state index in [-0.39, 0.29) is 18.7 Å². The summed E-state index contributed by atoms with van der Waals surface area (Å²) in [4.78, 5) is 15.2. The van der Waals surface area contributed by atoms with Crippen molar-refractivity contribution in [3.8, 4) is 0 Å². The number of carbonyl (C=O) groups excluding carboxylic acids is 1. The highest BCUT2D eigenvalue weighted by Gasteiger charge is 2.14. The van der Waals surface area contributed by atoms with Gasteiger partial charge in [-0.1, -0.05) is 24.3 Å². The number of rotatable bonds is 4. The van der Waals surface area contributed by atoms with Gasteiger partial charge in [-0.2, -0.15) is 0 Å². The second kappa shape index (κ2) is 6.84. The fourth-order valence-corrected chi connectivity index (χ4v) is 1.85. The van der Waals surface area contributed by atoms with Gasteiger partial charge >= 0.3 is 6.92 Å². The zero-order chi connectivity index (χ0) is 15.2. The molecule has 0 aliphatic heterocycles. The summed E-state index contributed by atoms with van der Waals surface area (Å²) >= 11 is 0. The predicted molar refractivity (Wildman–Crippen MR) is 83.1 cm³/mol. The molecule has 0 aromatic heterocycles. The molecule has 0 saturated carbocycles. The Labute approximate surface area is 123 Å². The molecule has 0 spiro atoms. The summed E-state index contributed by atoms with van der Waals surface area (Å²) in [5.41, 5.74) is 2.52. The van der Waals surface area contributed by atoms with Crippen molar-refractivity contribution in [2.75, 3.05) is 0 Å². The van der Waals surface area contributed by atoms with Crippen molar-refractivity contribution in [3.63, 3.8) is 0 Å². The molecule has 0 amide bonds. The quantitative estimate of drug-likeness (QED) is 0.639. The predicted octanol–water partition coefficient (Wildman–Crippen LogP) is 2.97. The van der Waals surface area contributed by atoms with Crippen molar-refractivity contribution >= 4 is 30.2 Å². The molecular weight excluding hydrogens is 268 g/mol. The van der Waals surface area contributed by atoms with Gasteiger partial charge in [-0.25, -0.2) is 4.39 Å². The van der Waals surface area contributed by atoms with Crippen LogP contribution >= 0.6 is 0 Å². The van der Waals surface area contributed by atoms with Crippen molar-refractivity contribution < 1.29 is 13.8 Å². The molecule has 0 aliphatic rings. The third kappa shape index (κ3) is 4.56. The minimum absolute atomic E-state index is 0.273. The minimum atomic E-state index is -0.301. The molecule has 0 unspecified atom stereocenters. The fraction of sp³-hybridized carbons (Fsp3) is 0.125. The maximum Gasteiger partial charge on any atom is 0.392 e. The van der Waals surface area contributed by atoms with Crippen LogP contribution in [0.5, 0.6) is 0 Å².